The van der Waals surface area contributed by atoms with Crippen LogP contribution in [0.5, 0.6) is 0 Å². The van der Waals surface area contributed by atoms with E-state index >= 15 is 0 Å². The van der Waals surface area contributed by atoms with Gasteiger partial charge >= 0.3 is 0 Å². The van der Waals surface area contributed by atoms with Crippen LogP contribution in [0.25, 0.3) is 0 Å². The molecule has 0 aliphatic heterocycles. The van der Waals surface area contributed by atoms with Gasteiger partial charge in [0.05, 0.1) is 5.56 Å². The molecule has 0 saturated heterocycles. The van der Waals surface area contributed by atoms with Crippen LogP contribution in [0, 0.1) is 0 Å². The van der Waals surface area contributed by atoms with E-state index in [0.29, 0.717) is 22.9 Å². The summed E-state index contributed by atoms with van der Waals surface area (Å²) in [5.41, 5.74) is 1.15. The monoisotopic (exact) mass is 189 g/mol. The number of carbonyl (C=O) groups excluding carboxylic acids is 1. The lowest BCUT2D eigenvalue weighted by atomic mass is 10.3. The number of halogens is 1. The molecular formula is C5H4BrNO2. The summed E-state index contributed by atoms with van der Waals surface area (Å²) in [7, 11) is 0. The molecule has 1 rings (SSSR count). The van der Waals surface area contributed by atoms with Crippen LogP contribution in [0.4, 0.5) is 0 Å². The van der Waals surface area contributed by atoms with Gasteiger partial charge in [-0.15, -0.1) is 0 Å². The van der Waals surface area contributed by atoms with E-state index in [9.17, 15) is 4.79 Å². The molecule has 0 fully saturated rings. The van der Waals surface area contributed by atoms with Gasteiger partial charge in [-0.05, 0) is 0 Å². The van der Waals surface area contributed by atoms with E-state index in [4.69, 9.17) is 0 Å². The number of aldehydes is 1. The maximum absolute atomic E-state index is 10.1. The van der Waals surface area contributed by atoms with Crippen molar-refractivity contribution in [3.8, 4) is 0 Å². The van der Waals surface area contributed by atoms with Crippen LogP contribution in [0.15, 0.2) is 10.8 Å². The highest BCUT2D eigenvalue weighted by molar-refractivity contribution is 9.08. The Hall–Kier alpha value is -0.640. The number of hydrogen-bond donors (Lipinski definition) is 0. The summed E-state index contributed by atoms with van der Waals surface area (Å²) in [6.07, 6.45) is 2.04. The lowest BCUT2D eigenvalue weighted by Gasteiger charge is -1.80. The molecule has 4 heteroatoms. The summed E-state index contributed by atoms with van der Waals surface area (Å²) in [5.74, 6) is 0. The molecular weight excluding hydrogens is 186 g/mol. The Morgan fingerprint density at radius 3 is 3.11 bits per heavy atom. The Balaban J connectivity index is 2.98. The van der Waals surface area contributed by atoms with Crippen LogP contribution in [0.2, 0.25) is 0 Å². The van der Waals surface area contributed by atoms with E-state index in [2.05, 4.69) is 25.6 Å². The van der Waals surface area contributed by atoms with Crippen molar-refractivity contribution in [2.75, 3.05) is 0 Å². The lowest BCUT2D eigenvalue weighted by Crippen LogP contribution is -1.82. The Labute approximate surface area is 60.2 Å². The molecule has 0 aromatic carbocycles. The third-order valence-corrected chi connectivity index (χ3v) is 1.46. The first-order valence-corrected chi connectivity index (χ1v) is 3.45. The van der Waals surface area contributed by atoms with Crippen molar-refractivity contribution in [1.29, 1.82) is 0 Å². The third kappa shape index (κ3) is 1.18. The van der Waals surface area contributed by atoms with Crippen molar-refractivity contribution < 1.29 is 9.32 Å². The zero-order valence-corrected chi connectivity index (χ0v) is 6.09. The average Bonchev–Trinajstić information content (AvgIpc) is 2.33. The molecule has 0 atom stereocenters. The van der Waals surface area contributed by atoms with Gasteiger partial charge in [-0.3, -0.25) is 4.79 Å². The second-order valence-corrected chi connectivity index (χ2v) is 2.03. The summed E-state index contributed by atoms with van der Waals surface area (Å²) in [4.78, 5) is 10.1. The van der Waals surface area contributed by atoms with Crippen molar-refractivity contribution in [2.24, 2.45) is 0 Å². The molecule has 0 saturated carbocycles. The molecule has 0 aliphatic rings. The fourth-order valence-corrected chi connectivity index (χ4v) is 0.891. The first-order valence-electron chi connectivity index (χ1n) is 2.33. The summed E-state index contributed by atoms with van der Waals surface area (Å²) in [6, 6.07) is 0. The molecule has 9 heavy (non-hydrogen) atoms. The van der Waals surface area contributed by atoms with Crippen LogP contribution in [-0.4, -0.2) is 11.4 Å². The minimum Gasteiger partial charge on any atom is -0.364 e. The van der Waals surface area contributed by atoms with E-state index in [-0.39, 0.29) is 0 Å². The Bertz CT molecular complexity index is 208. The summed E-state index contributed by atoms with van der Waals surface area (Å²) in [6.45, 7) is 0. The van der Waals surface area contributed by atoms with Gasteiger partial charge in [0.1, 0.15) is 12.0 Å². The number of alkyl halides is 1. The first-order chi connectivity index (χ1) is 4.38. The second kappa shape index (κ2) is 2.77. The highest BCUT2D eigenvalue weighted by Crippen LogP contribution is 2.06. The number of aromatic nitrogens is 1. The van der Waals surface area contributed by atoms with Crippen molar-refractivity contribution in [3.63, 3.8) is 0 Å². The Morgan fingerprint density at radius 2 is 2.67 bits per heavy atom. The molecule has 3 nitrogen and oxygen atoms in total. The first kappa shape index (κ1) is 6.48. The molecule has 1 aromatic rings. The van der Waals surface area contributed by atoms with Crippen molar-refractivity contribution in [3.05, 3.63) is 17.5 Å². The fraction of sp³-hybridized carbons (Fsp3) is 0.200. The maximum atomic E-state index is 10.1. The minimum absolute atomic E-state index is 0.506. The largest absolute Gasteiger partial charge is 0.364 e. The van der Waals surface area contributed by atoms with Crippen LogP contribution < -0.4 is 0 Å². The zero-order valence-electron chi connectivity index (χ0n) is 4.50. The zero-order chi connectivity index (χ0) is 6.69. The normalized spacial score (nSPS) is 9.44. The molecule has 0 bridgehead atoms. The minimum atomic E-state index is 0.506. The number of rotatable bonds is 2. The van der Waals surface area contributed by atoms with E-state index in [1.54, 1.807) is 0 Å². The molecule has 0 N–H and O–H groups in total. The third-order valence-electron chi connectivity index (χ3n) is 0.929. The molecule has 0 amide bonds. The highest BCUT2D eigenvalue weighted by Gasteiger charge is 2.02. The summed E-state index contributed by atoms with van der Waals surface area (Å²) < 4.78 is 4.52. The highest BCUT2D eigenvalue weighted by atomic mass is 79.9. The summed E-state index contributed by atoms with van der Waals surface area (Å²) in [5, 5.41) is 4.11. The molecule has 0 aliphatic carbocycles. The molecule has 0 radical (unpaired) electrons. The van der Waals surface area contributed by atoms with Crippen LogP contribution in [-0.2, 0) is 5.33 Å². The fourth-order valence-electron chi connectivity index (χ4n) is 0.465. The van der Waals surface area contributed by atoms with Gasteiger partial charge < -0.3 is 4.52 Å². The quantitative estimate of drug-likeness (QED) is 0.522. The van der Waals surface area contributed by atoms with Gasteiger partial charge in [-0.25, -0.2) is 0 Å². The van der Waals surface area contributed by atoms with Crippen molar-refractivity contribution in [1.82, 2.24) is 5.16 Å². The predicted octanol–water partition coefficient (Wildman–Crippen LogP) is 1.38. The molecule has 0 spiro atoms. The molecule has 1 aromatic heterocycles. The summed E-state index contributed by atoms with van der Waals surface area (Å²) >= 11 is 3.15. The number of hydrogen-bond acceptors (Lipinski definition) is 3. The Kier molecular flexibility index (Phi) is 2.00. The maximum Gasteiger partial charge on any atom is 0.155 e. The van der Waals surface area contributed by atoms with Gasteiger partial charge in [0.15, 0.2) is 6.29 Å². The van der Waals surface area contributed by atoms with E-state index in [0.717, 1.165) is 0 Å². The van der Waals surface area contributed by atoms with Crippen LogP contribution in [0.3, 0.4) is 0 Å². The van der Waals surface area contributed by atoms with E-state index in [1.165, 1.54) is 6.26 Å². The van der Waals surface area contributed by atoms with Crippen LogP contribution in [0.1, 0.15) is 16.1 Å². The van der Waals surface area contributed by atoms with Gasteiger partial charge in [-0.2, -0.15) is 0 Å². The molecule has 0 unspecified atom stereocenters. The van der Waals surface area contributed by atoms with Gasteiger partial charge in [0, 0.05) is 5.33 Å². The topological polar surface area (TPSA) is 43.1 Å². The van der Waals surface area contributed by atoms with Gasteiger partial charge in [-0.1, -0.05) is 21.1 Å². The smallest absolute Gasteiger partial charge is 0.155 e. The number of carbonyl (C=O) groups is 1. The Morgan fingerprint density at radius 1 is 1.89 bits per heavy atom. The van der Waals surface area contributed by atoms with Crippen molar-refractivity contribution >= 4 is 22.2 Å². The van der Waals surface area contributed by atoms with Gasteiger partial charge in [0.25, 0.3) is 0 Å². The van der Waals surface area contributed by atoms with E-state index in [1.807, 2.05) is 0 Å². The van der Waals surface area contributed by atoms with Crippen molar-refractivity contribution in [2.45, 2.75) is 5.33 Å². The SMILES string of the molecule is O=Cc1conc1CBr. The van der Waals surface area contributed by atoms with Gasteiger partial charge in [0.2, 0.25) is 0 Å². The lowest BCUT2D eigenvalue weighted by molar-refractivity contribution is 0.112. The average molecular weight is 190 g/mol. The van der Waals surface area contributed by atoms with E-state index < -0.39 is 0 Å². The number of nitrogens with zero attached hydrogens (tertiary/aromatic N) is 1. The molecule has 1 heterocycles. The second-order valence-electron chi connectivity index (χ2n) is 1.47. The van der Waals surface area contributed by atoms with Crippen LogP contribution >= 0.6 is 15.9 Å². The standard InChI is InChI=1S/C5H4BrNO2/c6-1-5-4(2-8)3-9-7-5/h2-3H,1H2. The predicted molar refractivity (Wildman–Crippen MR) is 34.5 cm³/mol. The molecule has 48 valence electrons.